The topological polar surface area (TPSA) is 61.6 Å². The summed E-state index contributed by atoms with van der Waals surface area (Å²) < 4.78 is 78.7. The van der Waals surface area contributed by atoms with E-state index in [4.69, 9.17) is 5.26 Å². The minimum Gasteiger partial charge on any atom is -0.295 e. The Hall–Kier alpha value is -3.22. The fourth-order valence-electron chi connectivity index (χ4n) is 2.67. The third-order valence-electron chi connectivity index (χ3n) is 3.95. The first kappa shape index (κ1) is 18.6. The number of H-pyrrole nitrogens is 1. The number of nitrogens with zero attached hydrogens (tertiary/aromatic N) is 2. The van der Waals surface area contributed by atoms with Crippen molar-refractivity contribution in [2.24, 2.45) is 0 Å². The quantitative estimate of drug-likeness (QED) is 0.669. The van der Waals surface area contributed by atoms with Crippen LogP contribution in [0, 0.1) is 11.3 Å². The van der Waals surface area contributed by atoms with Crippen molar-refractivity contribution in [1.82, 2.24) is 9.78 Å². The monoisotopic (exact) mass is 385 g/mol. The van der Waals surface area contributed by atoms with Gasteiger partial charge in [-0.1, -0.05) is 6.07 Å². The zero-order chi connectivity index (χ0) is 20.0. The van der Waals surface area contributed by atoms with E-state index < -0.39 is 41.1 Å². The van der Waals surface area contributed by atoms with Gasteiger partial charge >= 0.3 is 12.4 Å². The van der Waals surface area contributed by atoms with Gasteiger partial charge in [0.05, 0.1) is 40.2 Å². The Morgan fingerprint density at radius 2 is 1.70 bits per heavy atom. The summed E-state index contributed by atoms with van der Waals surface area (Å²) in [7, 11) is 0. The van der Waals surface area contributed by atoms with Crippen molar-refractivity contribution >= 4 is 10.9 Å². The summed E-state index contributed by atoms with van der Waals surface area (Å²) in [6.45, 7) is -0.609. The van der Waals surface area contributed by atoms with Crippen LogP contribution >= 0.6 is 0 Å². The molecule has 0 aliphatic rings. The van der Waals surface area contributed by atoms with Crippen LogP contribution in [0.3, 0.4) is 0 Å². The Morgan fingerprint density at radius 1 is 1.00 bits per heavy atom. The number of aromatic amines is 1. The van der Waals surface area contributed by atoms with Crippen LogP contribution in [0.2, 0.25) is 0 Å². The summed E-state index contributed by atoms with van der Waals surface area (Å²) in [5.74, 6) is 0. The molecule has 0 bridgehead atoms. The number of benzene rings is 2. The zero-order valence-corrected chi connectivity index (χ0v) is 13.2. The lowest BCUT2D eigenvalue weighted by Gasteiger charge is -2.16. The zero-order valence-electron chi connectivity index (χ0n) is 13.2. The maximum Gasteiger partial charge on any atom is 0.416 e. The largest absolute Gasteiger partial charge is 0.416 e. The Labute approximate surface area is 147 Å². The Bertz CT molecular complexity index is 1110. The molecule has 4 nitrogen and oxygen atoms in total. The highest BCUT2D eigenvalue weighted by Crippen LogP contribution is 2.37. The molecule has 3 aromatic rings. The van der Waals surface area contributed by atoms with E-state index in [0.29, 0.717) is 12.1 Å². The van der Waals surface area contributed by atoms with E-state index in [1.54, 1.807) is 0 Å². The van der Waals surface area contributed by atoms with Gasteiger partial charge in [0.2, 0.25) is 0 Å². The summed E-state index contributed by atoms with van der Waals surface area (Å²) in [5, 5.41) is 11.6. The molecule has 0 aliphatic carbocycles. The smallest absolute Gasteiger partial charge is 0.295 e. The number of halogens is 6. The number of hydrogen-bond donors (Lipinski definition) is 1. The first-order valence-electron chi connectivity index (χ1n) is 7.40. The van der Waals surface area contributed by atoms with E-state index in [1.807, 2.05) is 6.07 Å². The molecule has 1 aromatic heterocycles. The summed E-state index contributed by atoms with van der Waals surface area (Å²) in [4.78, 5) is 12.3. The van der Waals surface area contributed by atoms with Crippen molar-refractivity contribution in [3.63, 3.8) is 0 Å². The number of rotatable bonds is 2. The predicted octanol–water partition coefficient (Wildman–Crippen LogP) is 4.29. The first-order valence-corrected chi connectivity index (χ1v) is 7.40. The normalized spacial score (nSPS) is 12.3. The minimum absolute atomic E-state index is 0.0246. The second kappa shape index (κ2) is 6.19. The molecule has 2 aromatic carbocycles. The van der Waals surface area contributed by atoms with Gasteiger partial charge in [-0.15, -0.1) is 0 Å². The van der Waals surface area contributed by atoms with Crippen molar-refractivity contribution in [2.75, 3.05) is 0 Å². The minimum atomic E-state index is -5.03. The van der Waals surface area contributed by atoms with Gasteiger partial charge in [-0.3, -0.25) is 9.89 Å². The van der Waals surface area contributed by atoms with E-state index in [0.717, 1.165) is 4.68 Å². The molecule has 10 heteroatoms. The van der Waals surface area contributed by atoms with E-state index in [2.05, 4.69) is 5.10 Å². The molecule has 0 saturated heterocycles. The number of hydrogen-bond acceptors (Lipinski definition) is 2. The average molecular weight is 385 g/mol. The molecule has 0 radical (unpaired) electrons. The van der Waals surface area contributed by atoms with Gasteiger partial charge in [-0.05, 0) is 35.9 Å². The van der Waals surface area contributed by atoms with Crippen LogP contribution < -0.4 is 5.56 Å². The second-order valence-corrected chi connectivity index (χ2v) is 5.74. The molecular weight excluding hydrogens is 376 g/mol. The Kier molecular flexibility index (Phi) is 4.26. The molecule has 0 aliphatic heterocycles. The lowest BCUT2D eigenvalue weighted by molar-refractivity contribution is -0.143. The van der Waals surface area contributed by atoms with E-state index in [1.165, 1.54) is 18.2 Å². The fourth-order valence-corrected chi connectivity index (χ4v) is 2.67. The van der Waals surface area contributed by atoms with E-state index in [-0.39, 0.29) is 22.5 Å². The second-order valence-electron chi connectivity index (χ2n) is 5.74. The van der Waals surface area contributed by atoms with Crippen LogP contribution in [0.15, 0.2) is 41.2 Å². The molecule has 140 valence electrons. The van der Waals surface area contributed by atoms with Gasteiger partial charge in [0.15, 0.2) is 0 Å². The molecule has 0 amide bonds. The van der Waals surface area contributed by atoms with Crippen LogP contribution in [-0.2, 0) is 18.9 Å². The number of aromatic nitrogens is 2. The molecule has 1 heterocycles. The van der Waals surface area contributed by atoms with Gasteiger partial charge in [0.1, 0.15) is 0 Å². The molecule has 1 N–H and O–H groups in total. The van der Waals surface area contributed by atoms with Crippen LogP contribution in [-0.4, -0.2) is 9.78 Å². The number of nitriles is 1. The summed E-state index contributed by atoms with van der Waals surface area (Å²) in [5.41, 5.74) is -3.57. The van der Waals surface area contributed by atoms with Gasteiger partial charge in [0.25, 0.3) is 5.56 Å². The molecule has 0 unspecified atom stereocenters. The van der Waals surface area contributed by atoms with Crippen molar-refractivity contribution in [2.45, 2.75) is 18.9 Å². The first-order chi connectivity index (χ1) is 12.5. The standard InChI is InChI=1S/C17H9F6N3O/c18-16(19,20)11-3-2-10(13(6-11)17(21,22)23)8-26-15(27)12-4-1-9(7-24)5-14(12)25-26/h1-6,25H,8H2. The van der Waals surface area contributed by atoms with Crippen molar-refractivity contribution in [3.05, 3.63) is 69.0 Å². The fraction of sp³-hybridized carbons (Fsp3) is 0.176. The molecule has 3 rings (SSSR count). The summed E-state index contributed by atoms with van der Waals surface area (Å²) in [6, 6.07) is 7.19. The maximum atomic E-state index is 13.2. The van der Waals surface area contributed by atoms with Crippen LogP contribution in [0.5, 0.6) is 0 Å². The molecule has 0 atom stereocenters. The average Bonchev–Trinajstić information content (AvgIpc) is 2.88. The molecule has 27 heavy (non-hydrogen) atoms. The van der Waals surface area contributed by atoms with Crippen molar-refractivity contribution in [3.8, 4) is 6.07 Å². The highest BCUT2D eigenvalue weighted by molar-refractivity contribution is 5.79. The predicted molar refractivity (Wildman–Crippen MR) is 82.8 cm³/mol. The van der Waals surface area contributed by atoms with Gasteiger partial charge in [0, 0.05) is 0 Å². The summed E-state index contributed by atoms with van der Waals surface area (Å²) >= 11 is 0. The highest BCUT2D eigenvalue weighted by Gasteiger charge is 2.38. The lowest BCUT2D eigenvalue weighted by atomic mass is 10.0. The SMILES string of the molecule is N#Cc1ccc2c(=O)n(Cc3ccc(C(F)(F)F)cc3C(F)(F)F)[nH]c2c1. The number of alkyl halides is 6. The Balaban J connectivity index is 2.10. The van der Waals surface area contributed by atoms with Gasteiger partial charge < -0.3 is 0 Å². The number of nitrogens with one attached hydrogen (secondary N) is 1. The van der Waals surface area contributed by atoms with E-state index in [9.17, 15) is 31.1 Å². The third-order valence-corrected chi connectivity index (χ3v) is 3.95. The highest BCUT2D eigenvalue weighted by atomic mass is 19.4. The van der Waals surface area contributed by atoms with Crippen LogP contribution in [0.25, 0.3) is 10.9 Å². The van der Waals surface area contributed by atoms with Crippen LogP contribution in [0.1, 0.15) is 22.3 Å². The molecule has 0 spiro atoms. The van der Waals surface area contributed by atoms with Gasteiger partial charge in [-0.2, -0.15) is 31.6 Å². The number of fused-ring (bicyclic) bond motifs is 1. The van der Waals surface area contributed by atoms with Crippen molar-refractivity contribution < 1.29 is 26.3 Å². The maximum absolute atomic E-state index is 13.2. The van der Waals surface area contributed by atoms with Crippen LogP contribution in [0.4, 0.5) is 26.3 Å². The molecule has 0 fully saturated rings. The summed E-state index contributed by atoms with van der Waals surface area (Å²) in [6.07, 6.45) is -9.95. The van der Waals surface area contributed by atoms with E-state index >= 15 is 0 Å². The third kappa shape index (κ3) is 3.53. The molecular formula is C17H9F6N3O. The van der Waals surface area contributed by atoms with Crippen molar-refractivity contribution in [1.29, 1.82) is 5.26 Å². The molecule has 0 saturated carbocycles. The Morgan fingerprint density at radius 3 is 2.30 bits per heavy atom. The lowest BCUT2D eigenvalue weighted by Crippen LogP contribution is -2.20. The van der Waals surface area contributed by atoms with Gasteiger partial charge in [-0.25, -0.2) is 4.68 Å².